The monoisotopic (exact) mass is 458 g/mol. The average Bonchev–Trinajstić information content (AvgIpc) is 2.56. The minimum Gasteiger partial charge on any atom is -0.854 e. The fraction of sp³-hybridized carbons (Fsp3) is 1.00. The van der Waals surface area contributed by atoms with Crippen molar-refractivity contribution in [1.82, 2.24) is 0 Å². The van der Waals surface area contributed by atoms with E-state index in [-0.39, 0.29) is 55.4 Å². The molecule has 0 aliphatic rings. The van der Waals surface area contributed by atoms with Gasteiger partial charge in [-0.25, -0.2) is 0 Å². The standard InChI is InChI=1S/5C4H9O.Nb/c5*1-4(2)3-5;/h5*4H,3H2,1-2H3;/q5*-1;+5. The van der Waals surface area contributed by atoms with Crippen molar-refractivity contribution in [2.24, 2.45) is 29.6 Å². The summed E-state index contributed by atoms with van der Waals surface area (Å²) in [7, 11) is 0. The molecule has 0 spiro atoms. The van der Waals surface area contributed by atoms with Crippen LogP contribution in [0.25, 0.3) is 0 Å². The van der Waals surface area contributed by atoms with Crippen LogP contribution in [0, 0.1) is 29.6 Å². The van der Waals surface area contributed by atoms with Gasteiger partial charge in [0.05, 0.1) is 0 Å². The van der Waals surface area contributed by atoms with Crippen molar-refractivity contribution in [2.45, 2.75) is 69.2 Å². The predicted octanol–water partition coefficient (Wildman–Crippen LogP) is 0.0110. The van der Waals surface area contributed by atoms with Crippen molar-refractivity contribution >= 4 is 0 Å². The van der Waals surface area contributed by atoms with Crippen molar-refractivity contribution in [3.05, 3.63) is 0 Å². The van der Waals surface area contributed by atoms with Crippen LogP contribution in [0.15, 0.2) is 0 Å². The molecule has 0 N–H and O–H groups in total. The molecule has 0 aromatic rings. The van der Waals surface area contributed by atoms with Gasteiger partial charge < -0.3 is 25.5 Å². The van der Waals surface area contributed by atoms with Crippen molar-refractivity contribution in [1.29, 1.82) is 0 Å². The van der Waals surface area contributed by atoms with Crippen LogP contribution in [-0.2, 0) is 22.4 Å². The predicted molar refractivity (Wildman–Crippen MR) is 98.5 cm³/mol. The van der Waals surface area contributed by atoms with E-state index < -0.39 is 0 Å². The van der Waals surface area contributed by atoms with Gasteiger partial charge in [0.1, 0.15) is 0 Å². The zero-order valence-corrected chi connectivity index (χ0v) is 21.1. The molecular formula is C20H45NbO5. The van der Waals surface area contributed by atoms with Crippen molar-refractivity contribution in [2.75, 3.05) is 33.0 Å². The Morgan fingerprint density at radius 2 is 0.385 bits per heavy atom. The van der Waals surface area contributed by atoms with Crippen LogP contribution in [0.2, 0.25) is 0 Å². The maximum atomic E-state index is 9.63. The van der Waals surface area contributed by atoms with E-state index in [2.05, 4.69) is 0 Å². The smallest absolute Gasteiger partial charge is 0.854 e. The molecule has 0 fully saturated rings. The molecular weight excluding hydrogens is 413 g/mol. The van der Waals surface area contributed by atoms with E-state index in [1.807, 2.05) is 69.2 Å². The summed E-state index contributed by atoms with van der Waals surface area (Å²) in [6, 6.07) is 0. The van der Waals surface area contributed by atoms with Crippen LogP contribution < -0.4 is 25.5 Å². The van der Waals surface area contributed by atoms with Gasteiger partial charge >= 0.3 is 22.4 Å². The molecule has 0 amide bonds. The van der Waals surface area contributed by atoms with Crippen LogP contribution in [0.1, 0.15) is 69.2 Å². The molecule has 6 heteroatoms. The summed E-state index contributed by atoms with van der Waals surface area (Å²) < 4.78 is 0. The maximum absolute atomic E-state index is 9.63. The summed E-state index contributed by atoms with van der Waals surface area (Å²) in [6.07, 6.45) is 0. The summed E-state index contributed by atoms with van der Waals surface area (Å²) in [6.45, 7) is 19.4. The molecule has 0 aromatic carbocycles. The molecule has 0 atom stereocenters. The van der Waals surface area contributed by atoms with Crippen molar-refractivity contribution in [3.63, 3.8) is 0 Å². The van der Waals surface area contributed by atoms with Gasteiger partial charge in [-0.2, -0.15) is 0 Å². The molecule has 0 unspecified atom stereocenters. The molecule has 0 saturated carbocycles. The van der Waals surface area contributed by atoms with E-state index in [0.29, 0.717) is 29.6 Å². The van der Waals surface area contributed by atoms with Crippen molar-refractivity contribution < 1.29 is 47.9 Å². The molecule has 0 bridgehead atoms. The minimum atomic E-state index is 0. The van der Waals surface area contributed by atoms with Gasteiger partial charge in [0, 0.05) is 0 Å². The summed E-state index contributed by atoms with van der Waals surface area (Å²) >= 11 is 0. The Morgan fingerprint density at radius 1 is 0.346 bits per heavy atom. The first kappa shape index (κ1) is 41.0. The largest absolute Gasteiger partial charge is 5.00 e. The van der Waals surface area contributed by atoms with Crippen molar-refractivity contribution in [3.8, 4) is 0 Å². The van der Waals surface area contributed by atoms with E-state index in [1.54, 1.807) is 0 Å². The second-order valence-electron chi connectivity index (χ2n) is 7.80. The molecule has 0 rings (SSSR count). The third-order valence-corrected chi connectivity index (χ3v) is 1.67. The molecule has 0 aliphatic carbocycles. The first-order chi connectivity index (χ1) is 11.4. The second-order valence-corrected chi connectivity index (χ2v) is 7.80. The number of rotatable bonds is 5. The van der Waals surface area contributed by atoms with Crippen LogP contribution in [0.5, 0.6) is 0 Å². The van der Waals surface area contributed by atoms with Gasteiger partial charge in [-0.3, -0.25) is 0 Å². The summed E-state index contributed by atoms with van der Waals surface area (Å²) in [5.74, 6) is 1.64. The van der Waals surface area contributed by atoms with Gasteiger partial charge in [0.15, 0.2) is 0 Å². The Hall–Kier alpha value is 0.540. The minimum absolute atomic E-state index is 0. The molecule has 0 saturated heterocycles. The van der Waals surface area contributed by atoms with Gasteiger partial charge in [-0.15, -0.1) is 33.0 Å². The van der Waals surface area contributed by atoms with Gasteiger partial charge in [0.25, 0.3) is 0 Å². The molecule has 0 aliphatic heterocycles. The molecule has 0 radical (unpaired) electrons. The fourth-order valence-electron chi connectivity index (χ4n) is 0. The molecule has 160 valence electrons. The summed E-state index contributed by atoms with van der Waals surface area (Å²) in [4.78, 5) is 0. The quantitative estimate of drug-likeness (QED) is 0.539. The second kappa shape index (κ2) is 36.5. The van der Waals surface area contributed by atoms with Crippen LogP contribution >= 0.6 is 0 Å². The van der Waals surface area contributed by atoms with Crippen LogP contribution in [-0.4, -0.2) is 33.0 Å². The summed E-state index contributed by atoms with van der Waals surface area (Å²) in [5.41, 5.74) is 0. The summed E-state index contributed by atoms with van der Waals surface area (Å²) in [5, 5.41) is 48.1. The zero-order chi connectivity index (χ0) is 21.4. The number of hydrogen-bond acceptors (Lipinski definition) is 5. The van der Waals surface area contributed by atoms with Crippen LogP contribution in [0.4, 0.5) is 0 Å². The van der Waals surface area contributed by atoms with E-state index in [9.17, 15) is 25.5 Å². The molecule has 0 heterocycles. The van der Waals surface area contributed by atoms with Crippen LogP contribution in [0.3, 0.4) is 0 Å². The Bertz CT molecular complexity index is 141. The Labute approximate surface area is 179 Å². The fourth-order valence-corrected chi connectivity index (χ4v) is 0. The van der Waals surface area contributed by atoms with E-state index in [1.165, 1.54) is 0 Å². The van der Waals surface area contributed by atoms with E-state index in [4.69, 9.17) is 0 Å². The first-order valence-corrected chi connectivity index (χ1v) is 9.26. The molecule has 0 aromatic heterocycles. The topological polar surface area (TPSA) is 115 Å². The normalized spacial score (nSPS) is 9.23. The van der Waals surface area contributed by atoms with E-state index in [0.717, 1.165) is 0 Å². The Balaban J connectivity index is -0.0000000476. The molecule has 26 heavy (non-hydrogen) atoms. The maximum Gasteiger partial charge on any atom is 5.00 e. The third-order valence-electron chi connectivity index (χ3n) is 1.67. The average molecular weight is 458 g/mol. The Kier molecular flexibility index (Phi) is 57.5. The third kappa shape index (κ3) is 122. The van der Waals surface area contributed by atoms with Gasteiger partial charge in [-0.05, 0) is 0 Å². The van der Waals surface area contributed by atoms with Gasteiger partial charge in [-0.1, -0.05) is 98.8 Å². The van der Waals surface area contributed by atoms with E-state index >= 15 is 0 Å². The zero-order valence-electron chi connectivity index (χ0n) is 18.9. The molecule has 5 nitrogen and oxygen atoms in total. The Morgan fingerprint density at radius 3 is 0.385 bits per heavy atom. The SMILES string of the molecule is CC(C)C[O-].CC(C)C[O-].CC(C)C[O-].CC(C)C[O-].CC(C)C[O-].[Nb+5]. The number of hydrogen-bond donors (Lipinski definition) is 0. The van der Waals surface area contributed by atoms with Gasteiger partial charge in [0.2, 0.25) is 0 Å². The first-order valence-electron chi connectivity index (χ1n) is 9.26.